The largest absolute Gasteiger partial charge is 0.493 e. The Bertz CT molecular complexity index is 583. The average molecular weight is 354 g/mol. The molecule has 1 atom stereocenters. The van der Waals surface area contributed by atoms with Crippen LogP contribution in [-0.2, 0) is 9.53 Å². The van der Waals surface area contributed by atoms with Gasteiger partial charge in [0.05, 0.1) is 24.8 Å². The van der Waals surface area contributed by atoms with E-state index < -0.39 is 0 Å². The van der Waals surface area contributed by atoms with Gasteiger partial charge in [0.25, 0.3) is 0 Å². The number of carbonyl (C=O) groups excluding carboxylic acids is 1. The molecule has 0 aromatic heterocycles. The minimum absolute atomic E-state index is 0.131. The van der Waals surface area contributed by atoms with E-state index in [1.54, 1.807) is 25.3 Å². The molecule has 1 amide bonds. The number of halogens is 1. The van der Waals surface area contributed by atoms with Gasteiger partial charge in [-0.3, -0.25) is 4.79 Å². The smallest absolute Gasteiger partial charge is 0.244 e. The summed E-state index contributed by atoms with van der Waals surface area (Å²) >= 11 is 6.26. The second-order valence-corrected chi connectivity index (χ2v) is 6.00. The van der Waals surface area contributed by atoms with Crippen molar-refractivity contribution >= 4 is 23.6 Å². The highest BCUT2D eigenvalue weighted by atomic mass is 35.5. The highest BCUT2D eigenvalue weighted by molar-refractivity contribution is 6.32. The number of methoxy groups -OCH3 is 1. The van der Waals surface area contributed by atoms with Crippen LogP contribution in [0.5, 0.6) is 11.5 Å². The Labute approximate surface area is 147 Å². The van der Waals surface area contributed by atoms with Gasteiger partial charge in [-0.25, -0.2) is 0 Å². The Morgan fingerprint density at radius 1 is 1.50 bits per heavy atom. The average Bonchev–Trinajstić information content (AvgIpc) is 3.10. The lowest BCUT2D eigenvalue weighted by Gasteiger charge is -2.12. The summed E-state index contributed by atoms with van der Waals surface area (Å²) in [7, 11) is 1.56. The van der Waals surface area contributed by atoms with Crippen molar-refractivity contribution in [2.75, 3.05) is 26.9 Å². The molecule has 2 rings (SSSR count). The monoisotopic (exact) mass is 353 g/mol. The van der Waals surface area contributed by atoms with Crippen molar-refractivity contribution in [3.05, 3.63) is 28.8 Å². The lowest BCUT2D eigenvalue weighted by molar-refractivity contribution is -0.116. The third kappa shape index (κ3) is 5.42. The molecule has 0 spiro atoms. The number of carbonyl (C=O) groups is 1. The number of rotatable bonds is 8. The van der Waals surface area contributed by atoms with Crippen molar-refractivity contribution < 1.29 is 19.0 Å². The fourth-order valence-corrected chi connectivity index (χ4v) is 2.70. The van der Waals surface area contributed by atoms with E-state index in [4.69, 9.17) is 25.8 Å². The standard InChI is InChI=1S/C18H24ClNO4/c1-3-8-24-18-15(19)10-13(11-16(18)22-2)6-7-17(21)20-12-14-5-4-9-23-14/h6-7,10-11,14H,3-5,8-9,12H2,1-2H3,(H,20,21)/b7-6+. The molecule has 1 aromatic rings. The van der Waals surface area contributed by atoms with Crippen molar-refractivity contribution in [2.24, 2.45) is 0 Å². The van der Waals surface area contributed by atoms with Crippen LogP contribution in [0.2, 0.25) is 5.02 Å². The van der Waals surface area contributed by atoms with Gasteiger partial charge in [0.2, 0.25) is 5.91 Å². The molecule has 0 saturated carbocycles. The topological polar surface area (TPSA) is 56.8 Å². The zero-order valence-corrected chi connectivity index (χ0v) is 14.9. The number of amides is 1. The summed E-state index contributed by atoms with van der Waals surface area (Å²) in [6.07, 6.45) is 6.24. The molecule has 0 radical (unpaired) electrons. The quantitative estimate of drug-likeness (QED) is 0.727. The third-order valence-electron chi connectivity index (χ3n) is 3.66. The van der Waals surface area contributed by atoms with Crippen LogP contribution in [0.3, 0.4) is 0 Å². The highest BCUT2D eigenvalue weighted by Gasteiger charge is 2.15. The first kappa shape index (κ1) is 18.6. The summed E-state index contributed by atoms with van der Waals surface area (Å²) in [5, 5.41) is 3.30. The molecule has 1 unspecified atom stereocenters. The predicted octanol–water partition coefficient (Wildman–Crippen LogP) is 3.45. The molecule has 132 valence electrons. The van der Waals surface area contributed by atoms with Gasteiger partial charge in [-0.05, 0) is 43.0 Å². The molecular formula is C18H24ClNO4. The number of hydrogen-bond acceptors (Lipinski definition) is 4. The number of ether oxygens (including phenoxy) is 3. The van der Waals surface area contributed by atoms with E-state index in [-0.39, 0.29) is 12.0 Å². The molecule has 5 nitrogen and oxygen atoms in total. The van der Waals surface area contributed by atoms with Gasteiger partial charge in [0, 0.05) is 19.2 Å². The van der Waals surface area contributed by atoms with Gasteiger partial charge in [-0.15, -0.1) is 0 Å². The molecule has 1 fully saturated rings. The van der Waals surface area contributed by atoms with E-state index in [0.29, 0.717) is 29.7 Å². The molecule has 1 aliphatic rings. The van der Waals surface area contributed by atoms with Gasteiger partial charge < -0.3 is 19.5 Å². The molecule has 1 aromatic carbocycles. The summed E-state index contributed by atoms with van der Waals surface area (Å²) in [5.41, 5.74) is 0.771. The summed E-state index contributed by atoms with van der Waals surface area (Å²) in [6.45, 7) is 3.90. The Morgan fingerprint density at radius 2 is 2.33 bits per heavy atom. The van der Waals surface area contributed by atoms with Gasteiger partial charge in [-0.1, -0.05) is 18.5 Å². The van der Waals surface area contributed by atoms with E-state index in [1.165, 1.54) is 6.08 Å². The number of nitrogens with one attached hydrogen (secondary N) is 1. The van der Waals surface area contributed by atoms with Crippen molar-refractivity contribution in [2.45, 2.75) is 32.3 Å². The number of benzene rings is 1. The maximum absolute atomic E-state index is 11.9. The SMILES string of the molecule is CCCOc1c(Cl)cc(/C=C/C(=O)NCC2CCCO2)cc1OC. The first-order valence-corrected chi connectivity index (χ1v) is 8.59. The third-order valence-corrected chi connectivity index (χ3v) is 3.94. The van der Waals surface area contributed by atoms with E-state index in [9.17, 15) is 4.79 Å². The van der Waals surface area contributed by atoms with Crippen LogP contribution < -0.4 is 14.8 Å². The van der Waals surface area contributed by atoms with Crippen LogP contribution in [0.15, 0.2) is 18.2 Å². The summed E-state index contributed by atoms with van der Waals surface area (Å²) < 4.78 is 16.4. The molecular weight excluding hydrogens is 330 g/mol. The van der Waals surface area contributed by atoms with Crippen LogP contribution >= 0.6 is 11.6 Å². The van der Waals surface area contributed by atoms with Crippen molar-refractivity contribution in [3.8, 4) is 11.5 Å². The van der Waals surface area contributed by atoms with E-state index in [1.807, 2.05) is 6.92 Å². The zero-order chi connectivity index (χ0) is 17.4. The fraction of sp³-hybridized carbons (Fsp3) is 0.500. The van der Waals surface area contributed by atoms with Crippen molar-refractivity contribution in [1.82, 2.24) is 5.32 Å². The Kier molecular flexibility index (Phi) is 7.40. The summed E-state index contributed by atoms with van der Waals surface area (Å²) in [5.74, 6) is 0.920. The van der Waals surface area contributed by atoms with Crippen LogP contribution in [-0.4, -0.2) is 38.9 Å². The van der Waals surface area contributed by atoms with Crippen molar-refractivity contribution in [3.63, 3.8) is 0 Å². The first-order chi connectivity index (χ1) is 11.6. The second kappa shape index (κ2) is 9.55. The first-order valence-electron chi connectivity index (χ1n) is 8.22. The van der Waals surface area contributed by atoms with Crippen LogP contribution in [0.1, 0.15) is 31.7 Å². The van der Waals surface area contributed by atoms with Crippen LogP contribution in [0, 0.1) is 0 Å². The van der Waals surface area contributed by atoms with Crippen LogP contribution in [0.25, 0.3) is 6.08 Å². The molecule has 0 aliphatic carbocycles. The normalized spacial score (nSPS) is 17.2. The van der Waals surface area contributed by atoms with Gasteiger partial charge >= 0.3 is 0 Å². The van der Waals surface area contributed by atoms with E-state index in [2.05, 4.69) is 5.32 Å². The van der Waals surface area contributed by atoms with Gasteiger partial charge in [0.15, 0.2) is 11.5 Å². The van der Waals surface area contributed by atoms with Gasteiger partial charge in [-0.2, -0.15) is 0 Å². The zero-order valence-electron chi connectivity index (χ0n) is 14.1. The summed E-state index contributed by atoms with van der Waals surface area (Å²) in [6, 6.07) is 3.54. The molecule has 0 bridgehead atoms. The number of hydrogen-bond donors (Lipinski definition) is 1. The minimum Gasteiger partial charge on any atom is -0.493 e. The molecule has 24 heavy (non-hydrogen) atoms. The maximum Gasteiger partial charge on any atom is 0.244 e. The fourth-order valence-electron chi connectivity index (χ4n) is 2.43. The lowest BCUT2D eigenvalue weighted by Crippen LogP contribution is -2.30. The highest BCUT2D eigenvalue weighted by Crippen LogP contribution is 2.36. The lowest BCUT2D eigenvalue weighted by atomic mass is 10.2. The Morgan fingerprint density at radius 3 is 3.00 bits per heavy atom. The van der Waals surface area contributed by atoms with E-state index in [0.717, 1.165) is 31.4 Å². The van der Waals surface area contributed by atoms with Crippen LogP contribution in [0.4, 0.5) is 0 Å². The molecule has 1 N–H and O–H groups in total. The second-order valence-electron chi connectivity index (χ2n) is 5.60. The molecule has 1 aliphatic heterocycles. The Hall–Kier alpha value is -1.72. The Balaban J connectivity index is 1.97. The van der Waals surface area contributed by atoms with E-state index >= 15 is 0 Å². The molecule has 6 heteroatoms. The molecule has 1 saturated heterocycles. The maximum atomic E-state index is 11.9. The minimum atomic E-state index is -0.160. The summed E-state index contributed by atoms with van der Waals surface area (Å²) in [4.78, 5) is 11.9. The predicted molar refractivity (Wildman–Crippen MR) is 94.8 cm³/mol. The van der Waals surface area contributed by atoms with Crippen molar-refractivity contribution in [1.29, 1.82) is 0 Å². The van der Waals surface area contributed by atoms with Gasteiger partial charge in [0.1, 0.15) is 0 Å². The molecule has 1 heterocycles.